The Labute approximate surface area is 958 Å². The summed E-state index contributed by atoms with van der Waals surface area (Å²) >= 11 is 0. The first-order valence-corrected chi connectivity index (χ1v) is 48.1. The largest absolute Gasteiger partial charge is 0.304 e. The van der Waals surface area contributed by atoms with Gasteiger partial charge >= 0.3 is 0 Å². The van der Waals surface area contributed by atoms with Gasteiger partial charge in [0.2, 0.25) is 0 Å². The van der Waals surface area contributed by atoms with Crippen molar-refractivity contribution in [1.29, 1.82) is 0 Å². The Morgan fingerprint density at radius 3 is 1.03 bits per heavy atom. The first kappa shape index (κ1) is 76.5. The van der Waals surface area contributed by atoms with E-state index in [-0.39, 0.29) is 105 Å². The minimum absolute atomic E-state index is 0. The Balaban J connectivity index is 0.000000154. The Hall–Kier alpha value is -14.1. The monoisotopic (exact) mass is 2480 g/mol. The molecule has 0 saturated heterocycles. The molecule has 6 aromatic heterocycles. The second-order valence-corrected chi connectivity index (χ2v) is 38.3. The molecule has 0 unspecified atom stereocenters. The average Bonchev–Trinajstić information content (AvgIpc) is 1.58. The SMILES string of the molecule is [2H]C([2H])([2H])c1c[c-]c(-c2cc(C)c(C([2H])([2H])[2H])cn2)cc1.[2H]C([2H])([2H])c1cc(-c2[c-]cc(C([2H])([2H])[2H])c3c2Cc2ccccc2-3)ncc1-c1ccccc1.[2H]C([2H])([2H])c1cnc(-c2[c-]cc(C([2H])([2H])[2H])c(-c3ccccc3)c2)cc1C.[2H]C([2H])([2H])c1cnc(-c2[c-]cc(C([2H])([2H])[2H])c(-c3ccccc3)c2)cc1C.[2H]C([2H])(c1cc(-c2[c-]ccc3c2Cc2ccccc2-3)ncc1-c1ccccc1)C(C)(C)C.[2H]C([2H])(c1cc(-c2[c-]ccc3c2Cc2ccccc2-3)ncc1-c1ccccc1C)C(C)(C)C.[Ir].[Ir].[Ir]. The minimum Gasteiger partial charge on any atom is -0.304 e. The zero-order valence-corrected chi connectivity index (χ0v) is 90.6. The van der Waals surface area contributed by atoms with Crippen LogP contribution >= 0.6 is 0 Å². The first-order chi connectivity index (χ1) is 81.3. The molecule has 3 aliphatic carbocycles. The van der Waals surface area contributed by atoms with Crippen molar-refractivity contribution in [2.45, 2.75) is 156 Å². The molecule has 0 N–H and O–H groups in total. The fourth-order valence-corrected chi connectivity index (χ4v) is 18.3. The molecule has 6 nitrogen and oxygen atoms in total. The molecule has 0 aliphatic heterocycles. The summed E-state index contributed by atoms with van der Waals surface area (Å²) in [7, 11) is 0. The van der Waals surface area contributed by atoms with Crippen LogP contribution in [0.25, 0.3) is 157 Å². The normalized spacial score (nSPS) is 15.1. The standard InChI is InChI=1S/C30H28N.C29H26N.C26H20N.2C20H18N.C14H14N.3Ir/c1-20-10-5-7-12-23(20)28-19-31-29(17-22(28)18-30(2,3)4)26-15-9-14-25-24-13-8-6-11-21(24)16-27(25)26;1-29(2,3)18-22-17-28(30-19-27(22)20-10-5-4-6-11-20)25-15-9-14-24-23-13-8-7-12-21(23)16-26(24)25;1-17-12-13-22(23-15-20-10-6-7-11-21(20)26(17)23)25-14-18(2)24(16-27-25)19-8-4-3-5-9-19;2*1-14-9-10-18(20-11-15(2)16(3)13-21-20)12-19(14)17-7-5-4-6-8-17;1-10-4-6-13(7-5-10)14-8-11(2)12(3)9-15-14;;;/h5-14,17,19H,16,18H2,1-4H3;4-14,17,19H,16,18H2,1-3H3;3-12,14,16H,15H2,1-2H3;2*4-9,11-13H,1-3H3;4-6,8-9H,1-3H3;;;/q6*-1;;;/i2*18D2;1D3,2D3;3*1D3,3D3;;;. The maximum Gasteiger partial charge on any atom is 0.0321 e. The van der Waals surface area contributed by atoms with Crippen LogP contribution in [0.4, 0.5) is 0 Å². The molecule has 3 radical (unpaired) electrons. The van der Waals surface area contributed by atoms with E-state index < -0.39 is 78.4 Å². The van der Waals surface area contributed by atoms with Crippen molar-refractivity contribution >= 4 is 0 Å². The Bertz CT molecular complexity index is 9170. The van der Waals surface area contributed by atoms with Crippen molar-refractivity contribution in [2.75, 3.05) is 0 Å². The quantitative estimate of drug-likeness (QED) is 0.107. The maximum atomic E-state index is 9.13. The summed E-state index contributed by atoms with van der Waals surface area (Å²) in [5.41, 5.74) is 34.2. The van der Waals surface area contributed by atoms with Crippen LogP contribution < -0.4 is 0 Å². The molecule has 23 rings (SSSR count). The zero-order valence-electron chi connectivity index (χ0n) is 111. The van der Waals surface area contributed by atoms with Gasteiger partial charge in [0.15, 0.2) is 0 Å². The molecule has 0 amide bonds. The van der Waals surface area contributed by atoms with Gasteiger partial charge in [-0.1, -0.05) is 368 Å². The van der Waals surface area contributed by atoms with Crippen LogP contribution in [0.5, 0.6) is 0 Å². The molecular weight excluding hydrogens is 2330 g/mol. The number of nitrogens with zero attached hydrogens (tertiary/aromatic N) is 6. The Morgan fingerprint density at radius 2 is 0.601 bits per heavy atom. The van der Waals surface area contributed by atoms with E-state index in [1.807, 2.05) is 236 Å². The summed E-state index contributed by atoms with van der Waals surface area (Å²) in [5.74, 6) is 0. The van der Waals surface area contributed by atoms with E-state index in [2.05, 4.69) is 136 Å². The predicted molar refractivity (Wildman–Crippen MR) is 606 cm³/mol. The van der Waals surface area contributed by atoms with E-state index in [9.17, 15) is 0 Å². The van der Waals surface area contributed by atoms with Gasteiger partial charge in [-0.05, 0) is 232 Å². The molecular formula is C139H124Ir3N6-6. The number of hydrogen-bond acceptors (Lipinski definition) is 6. The topological polar surface area (TPSA) is 77.3 Å². The Morgan fingerprint density at radius 1 is 0.250 bits per heavy atom. The van der Waals surface area contributed by atoms with E-state index in [1.54, 1.807) is 69.4 Å². The molecule has 148 heavy (non-hydrogen) atoms. The molecule has 14 aromatic carbocycles. The number of benzene rings is 14. The molecule has 9 heteroatoms. The molecule has 743 valence electrons. The molecule has 0 fully saturated rings. The first-order valence-electron chi connectivity index (χ1n) is 62.1. The van der Waals surface area contributed by atoms with Crippen molar-refractivity contribution in [1.82, 2.24) is 29.9 Å². The smallest absolute Gasteiger partial charge is 0.0321 e. The van der Waals surface area contributed by atoms with E-state index in [1.165, 1.54) is 93.4 Å². The maximum absolute atomic E-state index is 9.13. The van der Waals surface area contributed by atoms with Crippen LogP contribution in [0, 0.1) is 130 Å². The Kier molecular flexibility index (Phi) is 24.9. The van der Waals surface area contributed by atoms with Gasteiger partial charge in [0.1, 0.15) is 0 Å². The van der Waals surface area contributed by atoms with Crippen LogP contribution in [0.15, 0.2) is 365 Å². The number of pyridine rings is 6. The van der Waals surface area contributed by atoms with E-state index in [4.69, 9.17) is 48.3 Å². The van der Waals surface area contributed by atoms with Gasteiger partial charge in [0.25, 0.3) is 0 Å². The molecule has 0 saturated carbocycles. The summed E-state index contributed by atoms with van der Waals surface area (Å²) in [6, 6.07) is 121. The van der Waals surface area contributed by atoms with E-state index >= 15 is 0 Å². The second-order valence-electron chi connectivity index (χ2n) is 38.3. The summed E-state index contributed by atoms with van der Waals surface area (Å²) < 4.78 is 221. The van der Waals surface area contributed by atoms with Crippen LogP contribution in [0.1, 0.15) is 191 Å². The summed E-state index contributed by atoms with van der Waals surface area (Å²) in [6.45, 7) is 0.977. The van der Waals surface area contributed by atoms with Crippen molar-refractivity contribution in [3.05, 3.63) is 512 Å². The average molecular weight is 2480 g/mol. The molecule has 0 atom stereocenters. The number of hydrogen-bond donors (Lipinski definition) is 0. The molecule has 0 spiro atoms. The summed E-state index contributed by atoms with van der Waals surface area (Å²) in [4.78, 5) is 27.0. The molecule has 20 aromatic rings. The molecule has 6 heterocycles. The molecule has 3 aliphatic rings. The van der Waals surface area contributed by atoms with Crippen molar-refractivity contribution in [2.24, 2.45) is 10.8 Å². The van der Waals surface area contributed by atoms with Crippen molar-refractivity contribution in [3.8, 4) is 157 Å². The number of aryl methyl sites for hydroxylation is 12. The number of aromatic nitrogens is 6. The van der Waals surface area contributed by atoms with E-state index in [0.29, 0.717) is 102 Å². The van der Waals surface area contributed by atoms with Gasteiger partial charge in [-0.15, -0.1) is 182 Å². The van der Waals surface area contributed by atoms with E-state index in [0.717, 1.165) is 96.6 Å². The minimum atomic E-state index is -2.34. The third-order valence-electron chi connectivity index (χ3n) is 25.6. The summed E-state index contributed by atoms with van der Waals surface area (Å²) in [6.07, 6.45) is 8.46. The van der Waals surface area contributed by atoms with Gasteiger partial charge in [-0.3, -0.25) is 0 Å². The van der Waals surface area contributed by atoms with Gasteiger partial charge < -0.3 is 29.9 Å². The predicted octanol–water partition coefficient (Wildman–Crippen LogP) is 35.2. The van der Waals surface area contributed by atoms with Crippen LogP contribution in [0.2, 0.25) is 0 Å². The third-order valence-corrected chi connectivity index (χ3v) is 25.6. The zero-order chi connectivity index (χ0) is 125. The van der Waals surface area contributed by atoms with Gasteiger partial charge in [0.05, 0.1) is 0 Å². The van der Waals surface area contributed by atoms with Crippen LogP contribution in [-0.4, -0.2) is 29.9 Å². The number of fused-ring (bicyclic) bond motifs is 9. The van der Waals surface area contributed by atoms with Gasteiger partial charge in [0, 0.05) is 153 Å². The van der Waals surface area contributed by atoms with Gasteiger partial charge in [-0.2, -0.15) is 0 Å². The fourth-order valence-electron chi connectivity index (χ4n) is 18.3. The van der Waals surface area contributed by atoms with Crippen LogP contribution in [0.3, 0.4) is 0 Å². The fraction of sp³-hybridized carbons (Fsp3) is 0.180. The summed E-state index contributed by atoms with van der Waals surface area (Å²) in [5, 5.41) is 0. The van der Waals surface area contributed by atoms with Crippen LogP contribution in [-0.2, 0) is 92.3 Å². The second kappa shape index (κ2) is 48.3. The van der Waals surface area contributed by atoms with Crippen molar-refractivity contribution < 1.29 is 98.7 Å². The van der Waals surface area contributed by atoms with Gasteiger partial charge in [-0.25, -0.2) is 0 Å². The molecule has 0 bridgehead atoms. The van der Waals surface area contributed by atoms with Crippen molar-refractivity contribution in [3.63, 3.8) is 0 Å². The third kappa shape index (κ3) is 25.3. The number of rotatable bonds is 13.